The summed E-state index contributed by atoms with van der Waals surface area (Å²) in [6.45, 7) is 2.13. The number of anilines is 2. The van der Waals surface area contributed by atoms with Crippen molar-refractivity contribution in [2.24, 2.45) is 0 Å². The fourth-order valence-corrected chi connectivity index (χ4v) is 4.22. The Hall–Kier alpha value is -3.80. The van der Waals surface area contributed by atoms with Gasteiger partial charge in [0.2, 0.25) is 0 Å². The minimum Gasteiger partial charge on any atom is -0.491 e. The van der Waals surface area contributed by atoms with E-state index in [2.05, 4.69) is 41.3 Å². The number of nitrogen functional groups attached to an aromatic ring is 2. The number of aliphatic hydroxyl groups excluding tert-OH is 1. The Labute approximate surface area is 207 Å². The van der Waals surface area contributed by atoms with Crippen LogP contribution in [0.25, 0.3) is 0 Å². The molecule has 0 amide bonds. The van der Waals surface area contributed by atoms with Gasteiger partial charge < -0.3 is 21.3 Å². The highest BCUT2D eigenvalue weighted by Gasteiger charge is 2.21. The van der Waals surface area contributed by atoms with E-state index in [1.807, 2.05) is 72.8 Å². The molecule has 4 rings (SSSR count). The first-order valence-corrected chi connectivity index (χ1v) is 11.9. The van der Waals surface area contributed by atoms with Gasteiger partial charge in [-0.15, -0.1) is 0 Å². The zero-order chi connectivity index (χ0) is 24.5. The van der Waals surface area contributed by atoms with E-state index in [0.29, 0.717) is 19.6 Å². The predicted molar refractivity (Wildman–Crippen MR) is 143 cm³/mol. The van der Waals surface area contributed by atoms with Gasteiger partial charge in [0, 0.05) is 36.9 Å². The Morgan fingerprint density at radius 2 is 1.17 bits per heavy atom. The molecule has 0 aliphatic carbocycles. The largest absolute Gasteiger partial charge is 0.491 e. The first-order valence-electron chi connectivity index (χ1n) is 11.9. The normalized spacial score (nSPS) is 12.1. The summed E-state index contributed by atoms with van der Waals surface area (Å²) < 4.78 is 5.82. The number of ether oxygens (including phenoxy) is 1. The van der Waals surface area contributed by atoms with Crippen molar-refractivity contribution in [3.8, 4) is 5.75 Å². The van der Waals surface area contributed by atoms with Crippen molar-refractivity contribution in [2.45, 2.75) is 18.6 Å². The average Bonchev–Trinajstić information content (AvgIpc) is 2.88. The van der Waals surface area contributed by atoms with Crippen molar-refractivity contribution >= 4 is 11.4 Å². The van der Waals surface area contributed by atoms with Gasteiger partial charge in [-0.05, 0) is 53.1 Å². The molecule has 0 aliphatic rings. The lowest BCUT2D eigenvalue weighted by atomic mass is 9.90. The lowest BCUT2D eigenvalue weighted by Gasteiger charge is -2.30. The van der Waals surface area contributed by atoms with Crippen LogP contribution < -0.4 is 16.2 Å². The summed E-state index contributed by atoms with van der Waals surface area (Å²) >= 11 is 0. The van der Waals surface area contributed by atoms with Crippen LogP contribution in [0.5, 0.6) is 5.75 Å². The van der Waals surface area contributed by atoms with Crippen molar-refractivity contribution in [1.82, 2.24) is 4.90 Å². The highest BCUT2D eigenvalue weighted by atomic mass is 16.5. The molecule has 180 valence electrons. The first kappa shape index (κ1) is 24.3. The summed E-state index contributed by atoms with van der Waals surface area (Å²) in [5.41, 5.74) is 16.9. The van der Waals surface area contributed by atoms with Gasteiger partial charge in [-0.25, -0.2) is 0 Å². The minimum absolute atomic E-state index is 0.0853. The topological polar surface area (TPSA) is 84.7 Å². The molecule has 0 saturated carbocycles. The second-order valence-electron chi connectivity index (χ2n) is 8.84. The molecule has 4 aromatic rings. The lowest BCUT2D eigenvalue weighted by Crippen LogP contribution is -2.38. The van der Waals surface area contributed by atoms with E-state index >= 15 is 0 Å². The molecule has 5 nitrogen and oxygen atoms in total. The molecule has 0 bridgehead atoms. The molecule has 0 aromatic heterocycles. The van der Waals surface area contributed by atoms with Gasteiger partial charge in [-0.1, -0.05) is 72.8 Å². The second kappa shape index (κ2) is 12.1. The van der Waals surface area contributed by atoms with Crippen molar-refractivity contribution in [3.05, 3.63) is 126 Å². The van der Waals surface area contributed by atoms with Gasteiger partial charge >= 0.3 is 0 Å². The molecule has 0 spiro atoms. The maximum absolute atomic E-state index is 10.9. The number of para-hydroxylation sites is 1. The molecule has 0 aliphatic heterocycles. The number of hydrogen-bond acceptors (Lipinski definition) is 5. The van der Waals surface area contributed by atoms with Crippen molar-refractivity contribution in [2.75, 3.05) is 31.2 Å². The Bertz CT molecular complexity index is 1100. The minimum atomic E-state index is -0.641. The van der Waals surface area contributed by atoms with Crippen LogP contribution in [-0.4, -0.2) is 35.8 Å². The summed E-state index contributed by atoms with van der Waals surface area (Å²) in [5, 5.41) is 10.9. The van der Waals surface area contributed by atoms with E-state index in [9.17, 15) is 5.11 Å². The zero-order valence-electron chi connectivity index (χ0n) is 19.8. The molecule has 5 heteroatoms. The Balaban J connectivity index is 1.55. The molecule has 4 aromatic carbocycles. The number of aliphatic hydroxyl groups is 1. The maximum atomic E-state index is 10.9. The summed E-state index contributed by atoms with van der Waals surface area (Å²) in [7, 11) is 0. The third-order valence-electron chi connectivity index (χ3n) is 6.02. The quantitative estimate of drug-likeness (QED) is 0.273. The molecule has 0 heterocycles. The Morgan fingerprint density at radius 1 is 0.657 bits per heavy atom. The van der Waals surface area contributed by atoms with Gasteiger partial charge in [-0.3, -0.25) is 4.90 Å². The molecule has 0 radical (unpaired) electrons. The van der Waals surface area contributed by atoms with Crippen molar-refractivity contribution < 1.29 is 9.84 Å². The summed E-state index contributed by atoms with van der Waals surface area (Å²) in [5.74, 6) is 0.838. The van der Waals surface area contributed by atoms with Crippen LogP contribution >= 0.6 is 0 Å². The first-order chi connectivity index (χ1) is 17.1. The molecule has 5 N–H and O–H groups in total. The molecular weight excluding hydrogens is 434 g/mol. The van der Waals surface area contributed by atoms with E-state index in [1.165, 1.54) is 5.56 Å². The van der Waals surface area contributed by atoms with Crippen LogP contribution in [-0.2, 0) is 6.54 Å². The van der Waals surface area contributed by atoms with Gasteiger partial charge in [0.05, 0.1) is 0 Å². The molecule has 35 heavy (non-hydrogen) atoms. The fourth-order valence-electron chi connectivity index (χ4n) is 4.22. The molecule has 0 saturated heterocycles. The van der Waals surface area contributed by atoms with Crippen LogP contribution in [0, 0.1) is 0 Å². The number of hydrogen-bond donors (Lipinski definition) is 3. The fraction of sp³-hybridized carbons (Fsp3) is 0.200. The van der Waals surface area contributed by atoms with E-state index in [1.54, 1.807) is 0 Å². The van der Waals surface area contributed by atoms with E-state index in [-0.39, 0.29) is 12.5 Å². The van der Waals surface area contributed by atoms with Crippen LogP contribution in [0.3, 0.4) is 0 Å². The zero-order valence-corrected chi connectivity index (χ0v) is 19.8. The number of benzene rings is 4. The summed E-state index contributed by atoms with van der Waals surface area (Å²) in [6.07, 6.45) is -0.641. The van der Waals surface area contributed by atoms with Gasteiger partial charge in [0.15, 0.2) is 0 Å². The summed E-state index contributed by atoms with van der Waals surface area (Å²) in [4.78, 5) is 2.28. The maximum Gasteiger partial charge on any atom is 0.119 e. The van der Waals surface area contributed by atoms with Crippen LogP contribution in [0.15, 0.2) is 109 Å². The third-order valence-corrected chi connectivity index (χ3v) is 6.02. The van der Waals surface area contributed by atoms with E-state index in [0.717, 1.165) is 28.3 Å². The van der Waals surface area contributed by atoms with Crippen LogP contribution in [0.1, 0.15) is 22.6 Å². The van der Waals surface area contributed by atoms with E-state index < -0.39 is 6.10 Å². The highest BCUT2D eigenvalue weighted by molar-refractivity contribution is 5.46. The number of rotatable bonds is 11. The smallest absolute Gasteiger partial charge is 0.119 e. The Morgan fingerprint density at radius 3 is 1.71 bits per heavy atom. The molecular formula is C30H33N3O2. The number of nitrogens with zero attached hydrogens (tertiary/aromatic N) is 1. The number of nitrogens with two attached hydrogens (primary N) is 2. The highest BCUT2D eigenvalue weighted by Crippen LogP contribution is 2.28. The lowest BCUT2D eigenvalue weighted by molar-refractivity contribution is 0.0644. The monoisotopic (exact) mass is 467 g/mol. The molecule has 0 fully saturated rings. The van der Waals surface area contributed by atoms with E-state index in [4.69, 9.17) is 16.2 Å². The van der Waals surface area contributed by atoms with Gasteiger partial charge in [-0.2, -0.15) is 0 Å². The second-order valence-corrected chi connectivity index (χ2v) is 8.84. The SMILES string of the molecule is Nc1ccc(C(CN(Cc2ccccc2)C[C@H](O)COc2ccccc2)c2ccc(N)cc2)cc1. The van der Waals surface area contributed by atoms with Gasteiger partial charge in [0.1, 0.15) is 18.5 Å². The predicted octanol–water partition coefficient (Wildman–Crippen LogP) is 4.93. The van der Waals surface area contributed by atoms with Gasteiger partial charge in [0.25, 0.3) is 0 Å². The standard InChI is InChI=1S/C30H33N3O2/c31-26-15-11-24(12-16-26)30(25-13-17-27(32)18-14-25)21-33(19-23-7-3-1-4-8-23)20-28(34)22-35-29-9-5-2-6-10-29/h1-18,28,30,34H,19-22,31-32H2/t28-/m0/s1. The van der Waals surface area contributed by atoms with Crippen molar-refractivity contribution in [1.29, 1.82) is 0 Å². The molecule has 0 unspecified atom stereocenters. The third kappa shape index (κ3) is 7.34. The van der Waals surface area contributed by atoms with Crippen LogP contribution in [0.4, 0.5) is 11.4 Å². The van der Waals surface area contributed by atoms with Crippen molar-refractivity contribution in [3.63, 3.8) is 0 Å². The Kier molecular flexibility index (Phi) is 8.39. The molecule has 1 atom stereocenters. The summed E-state index contributed by atoms with van der Waals surface area (Å²) in [6, 6.07) is 35.9. The van der Waals surface area contributed by atoms with Crippen LogP contribution in [0.2, 0.25) is 0 Å². The average molecular weight is 468 g/mol.